The predicted molar refractivity (Wildman–Crippen MR) is 36.4 cm³/mol. The molecule has 1 amide bonds. The molecule has 0 aromatic carbocycles. The maximum absolute atomic E-state index is 10.9. The molecule has 0 radical (unpaired) electrons. The first-order chi connectivity index (χ1) is 5.25. The molecule has 1 aromatic rings. The lowest BCUT2D eigenvalue weighted by molar-refractivity contribution is 0.0972. The van der Waals surface area contributed by atoms with Crippen molar-refractivity contribution in [2.45, 2.75) is 6.92 Å². The number of H-pyrrole nitrogens is 1. The van der Waals surface area contributed by atoms with Crippen LogP contribution in [0.3, 0.4) is 0 Å². The zero-order valence-corrected chi connectivity index (χ0v) is 5.88. The first-order valence-corrected chi connectivity index (χ1v) is 2.95. The SMILES string of the molecule is Cc1[nH]ncc1C(=O)NC#N. The summed E-state index contributed by atoms with van der Waals surface area (Å²) >= 11 is 0. The van der Waals surface area contributed by atoms with Crippen molar-refractivity contribution in [2.24, 2.45) is 0 Å². The largest absolute Gasteiger partial charge is 0.282 e. The minimum atomic E-state index is -0.432. The number of carbonyl (C=O) groups is 1. The third-order valence-electron chi connectivity index (χ3n) is 1.24. The number of nitriles is 1. The first-order valence-electron chi connectivity index (χ1n) is 2.95. The Morgan fingerprint density at radius 1 is 1.91 bits per heavy atom. The van der Waals surface area contributed by atoms with Crippen molar-refractivity contribution in [1.82, 2.24) is 15.5 Å². The summed E-state index contributed by atoms with van der Waals surface area (Å²) in [5.74, 6) is -0.432. The Morgan fingerprint density at radius 2 is 2.64 bits per heavy atom. The van der Waals surface area contributed by atoms with Gasteiger partial charge < -0.3 is 0 Å². The van der Waals surface area contributed by atoms with Gasteiger partial charge in [-0.3, -0.25) is 15.2 Å². The molecule has 0 bridgehead atoms. The van der Waals surface area contributed by atoms with E-state index in [0.717, 1.165) is 0 Å². The third-order valence-corrected chi connectivity index (χ3v) is 1.24. The van der Waals surface area contributed by atoms with E-state index in [1.807, 2.05) is 5.32 Å². The summed E-state index contributed by atoms with van der Waals surface area (Å²) in [6.45, 7) is 1.71. The summed E-state index contributed by atoms with van der Waals surface area (Å²) in [6.07, 6.45) is 2.92. The summed E-state index contributed by atoms with van der Waals surface area (Å²) in [5, 5.41) is 16.3. The van der Waals surface area contributed by atoms with Crippen LogP contribution in [0.1, 0.15) is 16.1 Å². The molecule has 0 atom stereocenters. The van der Waals surface area contributed by atoms with Gasteiger partial charge in [-0.2, -0.15) is 10.4 Å². The molecule has 1 rings (SSSR count). The van der Waals surface area contributed by atoms with Crippen LogP contribution in [0.2, 0.25) is 0 Å². The lowest BCUT2D eigenvalue weighted by atomic mass is 10.2. The van der Waals surface area contributed by atoms with Crippen LogP contribution in [0.25, 0.3) is 0 Å². The van der Waals surface area contributed by atoms with Crippen LogP contribution in [0.4, 0.5) is 0 Å². The highest BCUT2D eigenvalue weighted by atomic mass is 16.1. The van der Waals surface area contributed by atoms with Crippen molar-refractivity contribution in [3.8, 4) is 6.19 Å². The highest BCUT2D eigenvalue weighted by Crippen LogP contribution is 2.00. The molecule has 5 nitrogen and oxygen atoms in total. The van der Waals surface area contributed by atoms with Crippen molar-refractivity contribution in [3.63, 3.8) is 0 Å². The van der Waals surface area contributed by atoms with Crippen molar-refractivity contribution in [1.29, 1.82) is 5.26 Å². The molecule has 1 heterocycles. The van der Waals surface area contributed by atoms with E-state index >= 15 is 0 Å². The molecule has 0 spiro atoms. The zero-order chi connectivity index (χ0) is 8.27. The summed E-state index contributed by atoms with van der Waals surface area (Å²) in [6, 6.07) is 0. The van der Waals surface area contributed by atoms with Crippen molar-refractivity contribution >= 4 is 5.91 Å². The fourth-order valence-electron chi connectivity index (χ4n) is 0.698. The molecular formula is C6H6N4O. The maximum Gasteiger partial charge on any atom is 0.267 e. The van der Waals surface area contributed by atoms with Crippen molar-refractivity contribution in [2.75, 3.05) is 0 Å². The quantitative estimate of drug-likeness (QED) is 0.434. The van der Waals surface area contributed by atoms with Gasteiger partial charge >= 0.3 is 0 Å². The maximum atomic E-state index is 10.9. The van der Waals surface area contributed by atoms with Gasteiger partial charge in [0, 0.05) is 5.69 Å². The second-order valence-electron chi connectivity index (χ2n) is 1.97. The summed E-state index contributed by atoms with van der Waals surface area (Å²) in [4.78, 5) is 10.9. The van der Waals surface area contributed by atoms with E-state index < -0.39 is 5.91 Å². The second-order valence-corrected chi connectivity index (χ2v) is 1.97. The van der Waals surface area contributed by atoms with Gasteiger partial charge in [0.1, 0.15) is 0 Å². The number of nitrogens with zero attached hydrogens (tertiary/aromatic N) is 2. The number of hydrogen-bond acceptors (Lipinski definition) is 3. The monoisotopic (exact) mass is 150 g/mol. The lowest BCUT2D eigenvalue weighted by Crippen LogP contribution is -2.17. The van der Waals surface area contributed by atoms with E-state index in [1.165, 1.54) is 6.20 Å². The molecule has 0 aliphatic carbocycles. The molecule has 0 unspecified atom stereocenters. The highest BCUT2D eigenvalue weighted by molar-refractivity contribution is 5.95. The average molecular weight is 150 g/mol. The number of aryl methyl sites for hydroxylation is 1. The van der Waals surface area contributed by atoms with Gasteiger partial charge in [-0.15, -0.1) is 0 Å². The number of aromatic amines is 1. The van der Waals surface area contributed by atoms with Gasteiger partial charge in [-0.25, -0.2) is 0 Å². The summed E-state index contributed by atoms with van der Waals surface area (Å²) in [5.41, 5.74) is 1.05. The Labute approximate surface area is 63.0 Å². The molecule has 2 N–H and O–H groups in total. The minimum absolute atomic E-state index is 0.395. The normalized spacial score (nSPS) is 8.73. The van der Waals surface area contributed by atoms with Crippen molar-refractivity contribution < 1.29 is 4.79 Å². The molecule has 1 aromatic heterocycles. The molecule has 0 aliphatic heterocycles. The standard InChI is InChI=1S/C6H6N4O/c1-4-5(2-9-10-4)6(11)8-3-7/h2H,1H3,(H,8,11)(H,9,10). The number of hydrogen-bond donors (Lipinski definition) is 2. The fraction of sp³-hybridized carbons (Fsp3) is 0.167. The van der Waals surface area contributed by atoms with E-state index in [-0.39, 0.29) is 0 Å². The Kier molecular flexibility index (Phi) is 1.88. The van der Waals surface area contributed by atoms with Crippen molar-refractivity contribution in [3.05, 3.63) is 17.5 Å². The number of rotatable bonds is 1. The Bertz CT molecular complexity index is 309. The second kappa shape index (κ2) is 2.84. The van der Waals surface area contributed by atoms with E-state index in [9.17, 15) is 4.79 Å². The van der Waals surface area contributed by atoms with Crippen LogP contribution in [0, 0.1) is 18.4 Å². The number of aromatic nitrogens is 2. The molecular weight excluding hydrogens is 144 g/mol. The van der Waals surface area contributed by atoms with Crippen LogP contribution in [-0.4, -0.2) is 16.1 Å². The van der Waals surface area contributed by atoms with Gasteiger partial charge in [0.2, 0.25) is 0 Å². The van der Waals surface area contributed by atoms with Crippen LogP contribution in [0.15, 0.2) is 6.20 Å². The first kappa shape index (κ1) is 7.28. The topological polar surface area (TPSA) is 81.6 Å². The number of nitrogens with one attached hydrogen (secondary N) is 2. The summed E-state index contributed by atoms with van der Waals surface area (Å²) < 4.78 is 0. The molecule has 11 heavy (non-hydrogen) atoms. The minimum Gasteiger partial charge on any atom is -0.282 e. The van der Waals surface area contributed by atoms with Crippen LogP contribution < -0.4 is 5.32 Å². The predicted octanol–water partition coefficient (Wildman–Crippen LogP) is -0.0710. The van der Waals surface area contributed by atoms with E-state index in [1.54, 1.807) is 13.1 Å². The molecule has 0 aliphatic rings. The van der Waals surface area contributed by atoms with E-state index in [4.69, 9.17) is 5.26 Å². The van der Waals surface area contributed by atoms with Gasteiger partial charge in [0.05, 0.1) is 11.8 Å². The molecule has 0 fully saturated rings. The van der Waals surface area contributed by atoms with E-state index in [2.05, 4.69) is 10.2 Å². The van der Waals surface area contributed by atoms with Gasteiger partial charge in [-0.05, 0) is 6.92 Å². The van der Waals surface area contributed by atoms with Gasteiger partial charge in [-0.1, -0.05) is 0 Å². The van der Waals surface area contributed by atoms with Crippen LogP contribution >= 0.6 is 0 Å². The molecule has 0 saturated carbocycles. The van der Waals surface area contributed by atoms with Gasteiger partial charge in [0.15, 0.2) is 6.19 Å². The fourth-order valence-corrected chi connectivity index (χ4v) is 0.698. The Balaban J connectivity index is 2.86. The average Bonchev–Trinajstić information content (AvgIpc) is 2.36. The smallest absolute Gasteiger partial charge is 0.267 e. The van der Waals surface area contributed by atoms with Crippen LogP contribution in [0.5, 0.6) is 0 Å². The molecule has 0 saturated heterocycles. The summed E-state index contributed by atoms with van der Waals surface area (Å²) in [7, 11) is 0. The molecule has 56 valence electrons. The molecule has 5 heteroatoms. The number of carbonyl (C=O) groups excluding carboxylic acids is 1. The Hall–Kier alpha value is -1.83. The number of amides is 1. The lowest BCUT2D eigenvalue weighted by Gasteiger charge is -1.91. The zero-order valence-electron chi connectivity index (χ0n) is 5.88. The van der Waals surface area contributed by atoms with Crippen LogP contribution in [-0.2, 0) is 0 Å². The van der Waals surface area contributed by atoms with Gasteiger partial charge in [0.25, 0.3) is 5.91 Å². The Morgan fingerprint density at radius 3 is 3.09 bits per heavy atom. The highest BCUT2D eigenvalue weighted by Gasteiger charge is 2.08. The third kappa shape index (κ3) is 1.35. The van der Waals surface area contributed by atoms with E-state index in [0.29, 0.717) is 11.3 Å².